The van der Waals surface area contributed by atoms with Crippen LogP contribution in [0.5, 0.6) is 0 Å². The van der Waals surface area contributed by atoms with Crippen LogP contribution in [0.4, 0.5) is 5.69 Å². The largest absolute Gasteiger partial charge is 0.478 e. The number of hydrogen-bond donors (Lipinski definition) is 1. The van der Waals surface area contributed by atoms with Crippen molar-refractivity contribution in [2.75, 3.05) is 12.3 Å². The van der Waals surface area contributed by atoms with E-state index in [-0.39, 0.29) is 17.0 Å². The van der Waals surface area contributed by atoms with Gasteiger partial charge < -0.3 is 10.0 Å². The Morgan fingerprint density at radius 2 is 1.65 bits per heavy atom. The number of aromatic carboxylic acids is 1. The van der Waals surface area contributed by atoms with E-state index in [1.54, 1.807) is 11.0 Å². The van der Waals surface area contributed by atoms with Gasteiger partial charge in [-0.15, -0.1) is 0 Å². The summed E-state index contributed by atoms with van der Waals surface area (Å²) >= 11 is 1.29. The Balaban J connectivity index is 1.68. The molecule has 0 saturated heterocycles. The maximum Gasteiger partial charge on any atom is 0.335 e. The summed E-state index contributed by atoms with van der Waals surface area (Å²) in [5.41, 5.74) is 3.60. The van der Waals surface area contributed by atoms with Crippen molar-refractivity contribution >= 4 is 51.7 Å². The third-order valence-electron chi connectivity index (χ3n) is 5.37. The average Bonchev–Trinajstić information content (AvgIpc) is 2.88. The Morgan fingerprint density at radius 3 is 2.29 bits per heavy atom. The molecule has 0 aromatic heterocycles. The molecule has 4 rings (SSSR count). The number of carbonyl (C=O) groups is 1. The van der Waals surface area contributed by atoms with Crippen LogP contribution in [0, 0.1) is 0 Å². The number of benzene rings is 3. The van der Waals surface area contributed by atoms with Crippen molar-refractivity contribution in [1.82, 2.24) is 4.90 Å². The first-order chi connectivity index (χ1) is 16.6. The molecule has 0 bridgehead atoms. The lowest BCUT2D eigenvalue weighted by Crippen LogP contribution is -2.32. The van der Waals surface area contributed by atoms with E-state index < -0.39 is 5.97 Å². The topological polar surface area (TPSA) is 87.0 Å². The quantitative estimate of drug-likeness (QED) is 0.504. The molecule has 0 unspecified atom stereocenters. The number of amidine groups is 1. The number of carbonyl (C=O) groups excluding carboxylic acids is 2. The van der Waals surface area contributed by atoms with Crippen LogP contribution in [-0.2, 0) is 16.0 Å². The molecule has 0 atom stereocenters. The van der Waals surface area contributed by atoms with E-state index in [0.29, 0.717) is 35.0 Å². The van der Waals surface area contributed by atoms with Crippen LogP contribution >= 0.6 is 11.8 Å². The first-order valence-electron chi connectivity index (χ1n) is 10.6. The second kappa shape index (κ2) is 10.6. The molecule has 34 heavy (non-hydrogen) atoms. The van der Waals surface area contributed by atoms with Gasteiger partial charge in [-0.25, -0.2) is 19.4 Å². The first-order valence-corrected chi connectivity index (χ1v) is 11.5. The third kappa shape index (κ3) is 5.08. The number of thioether (sulfide) groups is 1. The minimum absolute atomic E-state index is 0.0765. The zero-order valence-electron chi connectivity index (χ0n) is 18.1. The summed E-state index contributed by atoms with van der Waals surface area (Å²) in [6.07, 6.45) is 0.656. The number of aliphatic imine (C=N–C) groups is 1. The fourth-order valence-electron chi connectivity index (χ4n) is 3.62. The van der Waals surface area contributed by atoms with Gasteiger partial charge in [0.1, 0.15) is 11.6 Å². The van der Waals surface area contributed by atoms with E-state index in [0.717, 1.165) is 11.1 Å². The lowest BCUT2D eigenvalue weighted by Gasteiger charge is -2.30. The van der Waals surface area contributed by atoms with Crippen molar-refractivity contribution in [2.24, 2.45) is 4.99 Å². The monoisotopic (exact) mass is 468 g/mol. The number of hydrogen-bond acceptors (Lipinski definition) is 6. The van der Waals surface area contributed by atoms with Crippen LogP contribution in [0.3, 0.4) is 0 Å². The van der Waals surface area contributed by atoms with Crippen molar-refractivity contribution in [1.29, 1.82) is 0 Å². The minimum Gasteiger partial charge on any atom is -0.478 e. The van der Waals surface area contributed by atoms with E-state index >= 15 is 0 Å². The zero-order valence-corrected chi connectivity index (χ0v) is 18.9. The summed E-state index contributed by atoms with van der Waals surface area (Å²) in [5, 5.41) is 9.87. The van der Waals surface area contributed by atoms with Crippen LogP contribution in [-0.4, -0.2) is 45.3 Å². The Bertz CT molecular complexity index is 1340. The minimum atomic E-state index is -1.08. The van der Waals surface area contributed by atoms with Gasteiger partial charge in [0.05, 0.1) is 16.8 Å². The predicted molar refractivity (Wildman–Crippen MR) is 134 cm³/mol. The van der Waals surface area contributed by atoms with Gasteiger partial charge in [0, 0.05) is 17.9 Å². The Kier molecular flexibility index (Phi) is 7.21. The molecule has 0 aliphatic carbocycles. The summed E-state index contributed by atoms with van der Waals surface area (Å²) in [5.74, 6) is 3.24. The SMILES string of the molecule is O=C=C(CSC1=Nc2cc(C(=O)O)ccc2C(=C=O)N1CCc1ccccc1)c1ccccc1. The maximum absolute atomic E-state index is 12.1. The lowest BCUT2D eigenvalue weighted by molar-refractivity contribution is 0.0697. The predicted octanol–water partition coefficient (Wildman–Crippen LogP) is 4.75. The Morgan fingerprint density at radius 1 is 0.941 bits per heavy atom. The van der Waals surface area contributed by atoms with Crippen LogP contribution in [0.2, 0.25) is 0 Å². The fourth-order valence-corrected chi connectivity index (χ4v) is 4.62. The van der Waals surface area contributed by atoms with Crippen LogP contribution < -0.4 is 0 Å². The summed E-state index contributed by atoms with van der Waals surface area (Å²) in [4.78, 5) is 41.6. The molecule has 0 amide bonds. The van der Waals surface area contributed by atoms with Crippen molar-refractivity contribution in [3.05, 3.63) is 101 Å². The maximum atomic E-state index is 12.1. The molecule has 0 fully saturated rings. The summed E-state index contributed by atoms with van der Waals surface area (Å²) in [6, 6.07) is 23.6. The normalized spacial score (nSPS) is 12.3. The number of carboxylic acid groups (broad SMARTS) is 1. The van der Waals surface area contributed by atoms with Gasteiger partial charge in [0.25, 0.3) is 0 Å². The highest BCUT2D eigenvalue weighted by Gasteiger charge is 2.27. The average molecular weight is 469 g/mol. The molecule has 1 aliphatic heterocycles. The molecule has 7 heteroatoms. The van der Waals surface area contributed by atoms with Crippen LogP contribution in [0.1, 0.15) is 27.0 Å². The number of carboxylic acids is 1. The molecule has 1 heterocycles. The molecular formula is C27H20N2O4S. The van der Waals surface area contributed by atoms with Gasteiger partial charge in [-0.05, 0) is 35.7 Å². The van der Waals surface area contributed by atoms with Crippen molar-refractivity contribution in [2.45, 2.75) is 6.42 Å². The fraction of sp³-hybridized carbons (Fsp3) is 0.111. The Labute approximate surface area is 201 Å². The summed E-state index contributed by atoms with van der Waals surface area (Å²) in [7, 11) is 0. The number of fused-ring (bicyclic) bond motifs is 1. The third-order valence-corrected chi connectivity index (χ3v) is 6.37. The molecule has 3 aromatic rings. The summed E-state index contributed by atoms with van der Waals surface area (Å²) in [6.45, 7) is 0.464. The summed E-state index contributed by atoms with van der Waals surface area (Å²) < 4.78 is 0. The molecular weight excluding hydrogens is 448 g/mol. The zero-order chi connectivity index (χ0) is 23.9. The molecule has 6 nitrogen and oxygen atoms in total. The molecule has 0 spiro atoms. The van der Waals surface area contributed by atoms with Gasteiger partial charge in [-0.3, -0.25) is 0 Å². The second-order valence-corrected chi connectivity index (χ2v) is 8.45. The van der Waals surface area contributed by atoms with E-state index in [9.17, 15) is 19.5 Å². The molecule has 168 valence electrons. The van der Waals surface area contributed by atoms with Gasteiger partial charge >= 0.3 is 5.97 Å². The van der Waals surface area contributed by atoms with Crippen molar-refractivity contribution in [3.8, 4) is 0 Å². The van der Waals surface area contributed by atoms with Gasteiger partial charge in [-0.2, -0.15) is 0 Å². The molecule has 0 saturated carbocycles. The lowest BCUT2D eigenvalue weighted by atomic mass is 10.0. The smallest absolute Gasteiger partial charge is 0.335 e. The molecule has 3 aromatic carbocycles. The van der Waals surface area contributed by atoms with Crippen LogP contribution in [0.15, 0.2) is 83.9 Å². The van der Waals surface area contributed by atoms with E-state index in [2.05, 4.69) is 4.99 Å². The highest BCUT2D eigenvalue weighted by molar-refractivity contribution is 8.14. The first kappa shape index (κ1) is 23.0. The molecule has 1 aliphatic rings. The number of nitrogens with zero attached hydrogens (tertiary/aromatic N) is 2. The van der Waals surface area contributed by atoms with Gasteiger partial charge in [0.2, 0.25) is 0 Å². The standard InChI is InChI=1S/C27H20N2O4S/c30-16-22(20-9-5-2-6-10-20)18-34-27-28-24-15-21(26(32)33)11-12-23(24)25(17-31)29(27)14-13-19-7-3-1-4-8-19/h1-12,15H,13-14,18H2,(H,32,33). The Hall–Kier alpha value is -4.15. The van der Waals surface area contributed by atoms with E-state index in [1.165, 1.54) is 23.9 Å². The molecule has 0 radical (unpaired) electrons. The van der Waals surface area contributed by atoms with Crippen molar-refractivity contribution in [3.63, 3.8) is 0 Å². The van der Waals surface area contributed by atoms with Crippen molar-refractivity contribution < 1.29 is 19.5 Å². The van der Waals surface area contributed by atoms with Gasteiger partial charge in [-0.1, -0.05) is 72.4 Å². The van der Waals surface area contributed by atoms with Crippen LogP contribution in [0.25, 0.3) is 11.3 Å². The second-order valence-electron chi connectivity index (χ2n) is 7.50. The number of rotatable bonds is 7. The van der Waals surface area contributed by atoms with Gasteiger partial charge in [0.15, 0.2) is 11.1 Å². The van der Waals surface area contributed by atoms with E-state index in [1.807, 2.05) is 72.5 Å². The highest BCUT2D eigenvalue weighted by atomic mass is 32.2. The highest BCUT2D eigenvalue weighted by Crippen LogP contribution is 2.37. The molecule has 1 N–H and O–H groups in total. The van der Waals surface area contributed by atoms with E-state index in [4.69, 9.17) is 0 Å².